The third-order valence-corrected chi connectivity index (χ3v) is 3.89. The lowest BCUT2D eigenvalue weighted by Gasteiger charge is -2.18. The number of aliphatic hydroxyl groups excluding tert-OH is 1. The van der Waals surface area contributed by atoms with Gasteiger partial charge in [-0.25, -0.2) is 0 Å². The van der Waals surface area contributed by atoms with Crippen molar-refractivity contribution in [2.24, 2.45) is 0 Å². The Morgan fingerprint density at radius 2 is 1.72 bits per heavy atom. The van der Waals surface area contributed by atoms with Gasteiger partial charge in [0, 0.05) is 6.54 Å². The molecule has 0 saturated heterocycles. The number of aliphatic hydroxyl groups is 1. The van der Waals surface area contributed by atoms with Crippen LogP contribution in [0.4, 0.5) is 8.78 Å². The molecule has 1 amide bonds. The maximum Gasteiger partial charge on any atom is 0.387 e. The molecule has 25 heavy (non-hydrogen) atoms. The molecule has 0 bridgehead atoms. The first-order valence-electron chi connectivity index (χ1n) is 8.06. The van der Waals surface area contributed by atoms with Crippen LogP contribution in [0.3, 0.4) is 0 Å². The Balaban J connectivity index is 1.92. The van der Waals surface area contributed by atoms with E-state index in [1.54, 1.807) is 0 Å². The molecule has 2 atom stereocenters. The van der Waals surface area contributed by atoms with E-state index in [4.69, 9.17) is 0 Å². The quantitative estimate of drug-likeness (QED) is 0.765. The SMILES string of the molecule is CCC(C(=O)NCC(O)c1ccc(OC(F)F)cc1)c1ccccc1. The highest BCUT2D eigenvalue weighted by Crippen LogP contribution is 2.21. The summed E-state index contributed by atoms with van der Waals surface area (Å²) in [4.78, 5) is 12.4. The van der Waals surface area contributed by atoms with Crippen LogP contribution in [0.25, 0.3) is 0 Å². The van der Waals surface area contributed by atoms with Gasteiger partial charge in [-0.05, 0) is 29.7 Å². The van der Waals surface area contributed by atoms with Crippen molar-refractivity contribution in [3.8, 4) is 5.75 Å². The second kappa shape index (κ2) is 9.13. The molecule has 0 radical (unpaired) electrons. The van der Waals surface area contributed by atoms with E-state index in [0.717, 1.165) is 5.56 Å². The zero-order chi connectivity index (χ0) is 18.2. The van der Waals surface area contributed by atoms with Crippen molar-refractivity contribution in [1.82, 2.24) is 5.32 Å². The van der Waals surface area contributed by atoms with Crippen molar-refractivity contribution < 1.29 is 23.4 Å². The highest BCUT2D eigenvalue weighted by atomic mass is 19.3. The van der Waals surface area contributed by atoms with Crippen LogP contribution in [0.1, 0.15) is 36.5 Å². The molecule has 2 aromatic carbocycles. The van der Waals surface area contributed by atoms with Gasteiger partial charge in [0.2, 0.25) is 5.91 Å². The number of benzene rings is 2. The van der Waals surface area contributed by atoms with Crippen molar-refractivity contribution >= 4 is 5.91 Å². The van der Waals surface area contributed by atoms with E-state index in [9.17, 15) is 18.7 Å². The topological polar surface area (TPSA) is 58.6 Å². The number of nitrogens with one attached hydrogen (secondary N) is 1. The fourth-order valence-electron chi connectivity index (χ4n) is 2.57. The van der Waals surface area contributed by atoms with Crippen LogP contribution in [0, 0.1) is 0 Å². The van der Waals surface area contributed by atoms with Gasteiger partial charge in [-0.1, -0.05) is 49.4 Å². The number of halogens is 2. The number of carbonyl (C=O) groups excluding carboxylic acids is 1. The standard InChI is InChI=1S/C19H21F2NO3/c1-2-16(13-6-4-3-5-7-13)18(24)22-12-17(23)14-8-10-15(11-9-14)25-19(20)21/h3-11,16-17,19,23H,2,12H2,1H3,(H,22,24). The number of carbonyl (C=O) groups is 1. The molecular weight excluding hydrogens is 328 g/mol. The Kier molecular flexibility index (Phi) is 6.89. The highest BCUT2D eigenvalue weighted by Gasteiger charge is 2.19. The molecule has 134 valence electrons. The minimum Gasteiger partial charge on any atom is -0.435 e. The summed E-state index contributed by atoms with van der Waals surface area (Å²) >= 11 is 0. The molecule has 0 fully saturated rings. The zero-order valence-electron chi connectivity index (χ0n) is 13.9. The van der Waals surface area contributed by atoms with E-state index in [0.29, 0.717) is 12.0 Å². The molecule has 0 saturated carbocycles. The molecule has 0 aromatic heterocycles. The van der Waals surface area contributed by atoms with Crippen molar-refractivity contribution in [2.45, 2.75) is 32.0 Å². The van der Waals surface area contributed by atoms with Crippen LogP contribution in [-0.4, -0.2) is 24.2 Å². The maximum atomic E-state index is 12.4. The Morgan fingerprint density at radius 1 is 1.08 bits per heavy atom. The molecule has 2 rings (SSSR count). The van der Waals surface area contributed by atoms with Gasteiger partial charge in [0.1, 0.15) is 5.75 Å². The second-order valence-electron chi connectivity index (χ2n) is 5.58. The number of amides is 1. The summed E-state index contributed by atoms with van der Waals surface area (Å²) in [6.45, 7) is -0.925. The molecule has 0 heterocycles. The zero-order valence-corrected chi connectivity index (χ0v) is 13.9. The molecule has 0 aliphatic carbocycles. The first-order valence-corrected chi connectivity index (χ1v) is 8.06. The molecule has 2 N–H and O–H groups in total. The highest BCUT2D eigenvalue weighted by molar-refractivity contribution is 5.83. The van der Waals surface area contributed by atoms with Crippen molar-refractivity contribution in [1.29, 1.82) is 0 Å². The second-order valence-corrected chi connectivity index (χ2v) is 5.58. The Bertz CT molecular complexity index is 662. The number of alkyl halides is 2. The summed E-state index contributed by atoms with van der Waals surface area (Å²) in [6, 6.07) is 15.1. The van der Waals surface area contributed by atoms with Gasteiger partial charge in [-0.2, -0.15) is 8.78 Å². The Hall–Kier alpha value is -2.47. The lowest BCUT2D eigenvalue weighted by molar-refractivity contribution is -0.123. The minimum atomic E-state index is -2.89. The predicted molar refractivity (Wildman–Crippen MR) is 90.5 cm³/mol. The molecule has 0 aliphatic rings. The van der Waals surface area contributed by atoms with Crippen LogP contribution >= 0.6 is 0 Å². The Labute approximate surface area is 145 Å². The largest absolute Gasteiger partial charge is 0.435 e. The smallest absolute Gasteiger partial charge is 0.387 e. The molecular formula is C19H21F2NO3. The van der Waals surface area contributed by atoms with E-state index >= 15 is 0 Å². The van der Waals surface area contributed by atoms with Gasteiger partial charge in [0.05, 0.1) is 12.0 Å². The predicted octanol–water partition coefficient (Wildman–Crippen LogP) is 3.63. The number of hydrogen-bond donors (Lipinski definition) is 2. The van der Waals surface area contributed by atoms with Crippen LogP contribution in [0.2, 0.25) is 0 Å². The number of rotatable bonds is 8. The molecule has 2 unspecified atom stereocenters. The van der Waals surface area contributed by atoms with Crippen LogP contribution in [0.5, 0.6) is 5.75 Å². The average Bonchev–Trinajstić information content (AvgIpc) is 2.61. The van der Waals surface area contributed by atoms with Crippen LogP contribution in [0.15, 0.2) is 54.6 Å². The maximum absolute atomic E-state index is 12.4. The summed E-state index contributed by atoms with van der Waals surface area (Å²) in [5.41, 5.74) is 1.43. The summed E-state index contributed by atoms with van der Waals surface area (Å²) in [5, 5.41) is 12.9. The fourth-order valence-corrected chi connectivity index (χ4v) is 2.57. The molecule has 6 heteroatoms. The van der Waals surface area contributed by atoms with E-state index in [1.165, 1.54) is 24.3 Å². The number of ether oxygens (including phenoxy) is 1. The van der Waals surface area contributed by atoms with Gasteiger partial charge < -0.3 is 15.2 Å². The van der Waals surface area contributed by atoms with Crippen molar-refractivity contribution in [2.75, 3.05) is 6.54 Å². The monoisotopic (exact) mass is 349 g/mol. The van der Waals surface area contributed by atoms with Gasteiger partial charge in [0.25, 0.3) is 0 Å². The molecule has 4 nitrogen and oxygen atoms in total. The molecule has 0 aliphatic heterocycles. The van der Waals surface area contributed by atoms with Crippen LogP contribution < -0.4 is 10.1 Å². The van der Waals surface area contributed by atoms with Gasteiger partial charge >= 0.3 is 6.61 Å². The fraction of sp³-hybridized carbons (Fsp3) is 0.316. The van der Waals surface area contributed by atoms with Gasteiger partial charge in [-0.15, -0.1) is 0 Å². The normalized spacial score (nSPS) is 13.3. The number of hydrogen-bond acceptors (Lipinski definition) is 3. The summed E-state index contributed by atoms with van der Waals surface area (Å²) in [6.07, 6.45) is -0.288. The molecule has 2 aromatic rings. The summed E-state index contributed by atoms with van der Waals surface area (Å²) in [5.74, 6) is -0.425. The summed E-state index contributed by atoms with van der Waals surface area (Å²) in [7, 11) is 0. The molecule has 0 spiro atoms. The first kappa shape index (κ1) is 18.9. The minimum absolute atomic E-state index is 0.0186. The van der Waals surface area contributed by atoms with Crippen molar-refractivity contribution in [3.63, 3.8) is 0 Å². The lowest BCUT2D eigenvalue weighted by Crippen LogP contribution is -2.32. The Morgan fingerprint density at radius 3 is 2.28 bits per heavy atom. The summed E-state index contributed by atoms with van der Waals surface area (Å²) < 4.78 is 28.5. The lowest BCUT2D eigenvalue weighted by atomic mass is 9.95. The van der Waals surface area contributed by atoms with Gasteiger partial charge in [0.15, 0.2) is 0 Å². The third-order valence-electron chi connectivity index (χ3n) is 3.89. The first-order chi connectivity index (χ1) is 12.0. The van der Waals surface area contributed by atoms with E-state index < -0.39 is 12.7 Å². The van der Waals surface area contributed by atoms with E-state index in [2.05, 4.69) is 10.1 Å². The van der Waals surface area contributed by atoms with Gasteiger partial charge in [-0.3, -0.25) is 4.79 Å². The van der Waals surface area contributed by atoms with Crippen molar-refractivity contribution in [3.05, 3.63) is 65.7 Å². The van der Waals surface area contributed by atoms with Crippen LogP contribution in [-0.2, 0) is 4.79 Å². The average molecular weight is 349 g/mol. The third kappa shape index (κ3) is 5.53. The van der Waals surface area contributed by atoms with E-state index in [-0.39, 0.29) is 24.1 Å². The van der Waals surface area contributed by atoms with E-state index in [1.807, 2.05) is 37.3 Å².